The summed E-state index contributed by atoms with van der Waals surface area (Å²) in [6.45, 7) is 1.95. The summed E-state index contributed by atoms with van der Waals surface area (Å²) >= 11 is 0. The van der Waals surface area contributed by atoms with Crippen molar-refractivity contribution in [2.24, 2.45) is 0 Å². The number of aromatic nitrogens is 4. The maximum atomic E-state index is 15.1. The third kappa shape index (κ3) is 7.55. The highest BCUT2D eigenvalue weighted by Gasteiger charge is 2.55. The van der Waals surface area contributed by atoms with Gasteiger partial charge in [0.15, 0.2) is 5.78 Å². The molecule has 2 aromatic heterocycles. The van der Waals surface area contributed by atoms with E-state index >= 15 is 8.78 Å². The van der Waals surface area contributed by atoms with Gasteiger partial charge in [-0.3, -0.25) is 14.3 Å². The molecule has 2 N–H and O–H groups in total. The lowest BCUT2D eigenvalue weighted by atomic mass is 9.86. The van der Waals surface area contributed by atoms with Gasteiger partial charge in [0, 0.05) is 55.1 Å². The van der Waals surface area contributed by atoms with Gasteiger partial charge in [0.2, 0.25) is 5.82 Å². The van der Waals surface area contributed by atoms with Crippen molar-refractivity contribution in [3.63, 3.8) is 0 Å². The van der Waals surface area contributed by atoms with E-state index in [0.29, 0.717) is 22.8 Å². The number of fused-ring (bicyclic) bond motifs is 2. The second-order valence-electron chi connectivity index (χ2n) is 13.3. The van der Waals surface area contributed by atoms with Crippen molar-refractivity contribution in [3.05, 3.63) is 99.4 Å². The quantitative estimate of drug-likeness (QED) is 0.144. The number of nitrogens with zero attached hydrogens (tertiary/aromatic N) is 4. The summed E-state index contributed by atoms with van der Waals surface area (Å²) in [6, 6.07) is 7.49. The topological polar surface area (TPSA) is 110 Å². The summed E-state index contributed by atoms with van der Waals surface area (Å²) in [5.41, 5.74) is -4.39. The molecule has 52 heavy (non-hydrogen) atoms. The first kappa shape index (κ1) is 36.6. The fraction of sp³-hybridized carbons (Fsp3) is 0.361. The Labute approximate surface area is 291 Å². The Kier molecular flexibility index (Phi) is 9.45. The van der Waals surface area contributed by atoms with Gasteiger partial charge in [-0.15, -0.1) is 0 Å². The maximum absolute atomic E-state index is 15.1. The zero-order chi connectivity index (χ0) is 37.7. The van der Waals surface area contributed by atoms with Crippen LogP contribution in [0.25, 0.3) is 11.1 Å². The fourth-order valence-corrected chi connectivity index (χ4v) is 6.40. The molecule has 1 atom stereocenters. The Morgan fingerprint density at radius 2 is 1.71 bits per heavy atom. The van der Waals surface area contributed by atoms with E-state index in [4.69, 9.17) is 0 Å². The summed E-state index contributed by atoms with van der Waals surface area (Å²) in [6.07, 6.45) is -6.05. The van der Waals surface area contributed by atoms with Crippen molar-refractivity contribution in [2.75, 3.05) is 0 Å². The largest absolute Gasteiger partial charge is 0.378 e. The highest BCUT2D eigenvalue weighted by atomic mass is 19.3. The summed E-state index contributed by atoms with van der Waals surface area (Å²) < 4.78 is 116. The second kappa shape index (κ2) is 13.4. The first-order valence-corrected chi connectivity index (χ1v) is 16.0. The van der Waals surface area contributed by atoms with Crippen LogP contribution in [0.1, 0.15) is 95.4 Å². The van der Waals surface area contributed by atoms with Crippen molar-refractivity contribution in [2.45, 2.75) is 82.4 Å². The lowest BCUT2D eigenvalue weighted by molar-refractivity contribution is -0.121. The maximum Gasteiger partial charge on any atom is 0.290 e. The number of hydrogen-bond acceptors (Lipinski definition) is 6. The number of carbonyl (C=O) groups is 2. The van der Waals surface area contributed by atoms with E-state index in [2.05, 4.69) is 32.2 Å². The highest BCUT2D eigenvalue weighted by Crippen LogP contribution is 2.52. The van der Waals surface area contributed by atoms with Crippen LogP contribution in [0, 0.1) is 23.5 Å². The summed E-state index contributed by atoms with van der Waals surface area (Å²) in [4.78, 5) is 35.0. The van der Waals surface area contributed by atoms with Crippen LogP contribution in [-0.2, 0) is 36.1 Å². The number of carbonyl (C=O) groups excluding carboxylic acids is 2. The number of halogens is 8. The van der Waals surface area contributed by atoms with Crippen LogP contribution in [0.15, 0.2) is 42.6 Å². The summed E-state index contributed by atoms with van der Waals surface area (Å²) in [5, 5.41) is 16.2. The third-order valence-electron chi connectivity index (χ3n) is 8.65. The molecule has 8 nitrogen and oxygen atoms in total. The average Bonchev–Trinajstić information content (AvgIpc) is 3.63. The molecule has 3 heterocycles. The van der Waals surface area contributed by atoms with Crippen molar-refractivity contribution in [1.82, 2.24) is 25.1 Å². The standard InChI is InChI=1S/C36H29F8N5O3/c1-34(2,52)6-5-27-45-16-26(19-3-4-20-15-46-33(51)25(20)13-19)29(47-27)21(9-18-10-22(37)14-23(38)11-18)12-24(50)17-49-31-28(30(48-49)32(39)40)35(41,42)7-8-36(31,43)44/h3-4,10-11,13-14,16,21,32,52H,7-9,12,15,17H2,1-2H3,(H,46,51)/t21-/m1/s1. The van der Waals surface area contributed by atoms with Crippen LogP contribution in [0.2, 0.25) is 0 Å². The van der Waals surface area contributed by atoms with Gasteiger partial charge in [0.05, 0.1) is 11.3 Å². The van der Waals surface area contributed by atoms with Gasteiger partial charge in [0.1, 0.15) is 35.2 Å². The average molecular weight is 732 g/mol. The molecule has 0 saturated carbocycles. The van der Waals surface area contributed by atoms with E-state index in [1.54, 1.807) is 18.2 Å². The Bertz CT molecular complexity index is 2130. The van der Waals surface area contributed by atoms with Gasteiger partial charge in [0.25, 0.3) is 24.2 Å². The molecule has 1 amide bonds. The van der Waals surface area contributed by atoms with E-state index in [1.807, 2.05) is 0 Å². The molecule has 0 fully saturated rings. The number of benzene rings is 2. The van der Waals surface area contributed by atoms with Crippen LogP contribution in [0.5, 0.6) is 0 Å². The van der Waals surface area contributed by atoms with Crippen LogP contribution in [0.4, 0.5) is 35.1 Å². The van der Waals surface area contributed by atoms with Crippen LogP contribution in [-0.4, -0.2) is 42.1 Å². The number of alkyl halides is 6. The van der Waals surface area contributed by atoms with Gasteiger partial charge in [-0.1, -0.05) is 18.1 Å². The molecular weight excluding hydrogens is 702 g/mol. The molecule has 0 spiro atoms. The van der Waals surface area contributed by atoms with Crippen LogP contribution in [0.3, 0.4) is 0 Å². The fourth-order valence-electron chi connectivity index (χ4n) is 6.40. The molecule has 1 aliphatic heterocycles. The normalized spacial score (nSPS) is 16.5. The van der Waals surface area contributed by atoms with E-state index in [0.717, 1.165) is 12.1 Å². The van der Waals surface area contributed by atoms with Crippen LogP contribution >= 0.6 is 0 Å². The van der Waals surface area contributed by atoms with Crippen molar-refractivity contribution >= 4 is 11.7 Å². The molecule has 6 rings (SSSR count). The number of hydrogen-bond donors (Lipinski definition) is 2. The van der Waals surface area contributed by atoms with Gasteiger partial charge >= 0.3 is 0 Å². The molecule has 16 heteroatoms. The zero-order valence-electron chi connectivity index (χ0n) is 27.5. The summed E-state index contributed by atoms with van der Waals surface area (Å²) in [5.74, 6) is -7.40. The zero-order valence-corrected chi connectivity index (χ0v) is 27.5. The SMILES string of the molecule is CC(C)(O)C#Cc1ncc(-c2ccc3c(c2)C(=O)NC3)c([C@@H](CC(=O)Cn2nc(C(F)F)c3c2C(F)(F)CCC3(F)F)Cc2cc(F)cc(F)c2)n1. The summed E-state index contributed by atoms with van der Waals surface area (Å²) in [7, 11) is 0. The monoisotopic (exact) mass is 731 g/mol. The molecule has 0 unspecified atom stereocenters. The molecule has 2 aliphatic rings. The van der Waals surface area contributed by atoms with Gasteiger partial charge in [-0.05, 0) is 61.1 Å². The molecule has 2 aromatic carbocycles. The molecule has 4 aromatic rings. The minimum atomic E-state index is -4.06. The molecule has 0 saturated heterocycles. The van der Waals surface area contributed by atoms with E-state index in [9.17, 15) is 41.0 Å². The number of ketones is 1. The second-order valence-corrected chi connectivity index (χ2v) is 13.3. The van der Waals surface area contributed by atoms with E-state index in [-0.39, 0.29) is 46.2 Å². The predicted octanol–water partition coefficient (Wildman–Crippen LogP) is 6.88. The first-order valence-electron chi connectivity index (χ1n) is 16.0. The van der Waals surface area contributed by atoms with E-state index in [1.165, 1.54) is 20.0 Å². The number of nitrogens with one attached hydrogen (secondary N) is 1. The highest BCUT2D eigenvalue weighted by molar-refractivity contribution is 5.99. The lowest BCUT2D eigenvalue weighted by Gasteiger charge is -2.29. The number of rotatable bonds is 9. The Morgan fingerprint density at radius 3 is 2.38 bits per heavy atom. The smallest absolute Gasteiger partial charge is 0.290 e. The van der Waals surface area contributed by atoms with Gasteiger partial charge in [-0.2, -0.15) is 13.9 Å². The predicted molar refractivity (Wildman–Crippen MR) is 168 cm³/mol. The Hall–Kier alpha value is -5.17. The molecule has 0 radical (unpaired) electrons. The first-order chi connectivity index (χ1) is 24.3. The van der Waals surface area contributed by atoms with E-state index < -0.39 is 90.0 Å². The molecule has 1 aliphatic carbocycles. The third-order valence-corrected chi connectivity index (χ3v) is 8.65. The minimum Gasteiger partial charge on any atom is -0.378 e. The number of Topliss-reactive ketones (excluding diaryl/α,β-unsaturated/α-hetero) is 1. The number of aliphatic hydroxyl groups is 1. The van der Waals surface area contributed by atoms with Crippen molar-refractivity contribution in [3.8, 4) is 23.0 Å². The lowest BCUT2D eigenvalue weighted by Crippen LogP contribution is -2.33. The van der Waals surface area contributed by atoms with Crippen molar-refractivity contribution < 1.29 is 49.8 Å². The van der Waals surface area contributed by atoms with Crippen LogP contribution < -0.4 is 5.32 Å². The molecular formula is C36H29F8N5O3. The molecule has 0 bridgehead atoms. The van der Waals surface area contributed by atoms with Crippen molar-refractivity contribution in [1.29, 1.82) is 0 Å². The molecule has 272 valence electrons. The number of amides is 1. The van der Waals surface area contributed by atoms with Gasteiger partial charge in [-0.25, -0.2) is 36.3 Å². The van der Waals surface area contributed by atoms with Gasteiger partial charge < -0.3 is 10.4 Å². The Balaban J connectivity index is 1.47. The Morgan fingerprint density at radius 1 is 1.02 bits per heavy atom. The minimum absolute atomic E-state index is 0.0416.